The summed E-state index contributed by atoms with van der Waals surface area (Å²) in [5.41, 5.74) is 0.119. The quantitative estimate of drug-likeness (QED) is 0.469. The molecule has 1 aromatic carbocycles. The molecule has 0 N–H and O–H groups in total. The predicted octanol–water partition coefficient (Wildman–Crippen LogP) is 2.23. The fourth-order valence-corrected chi connectivity index (χ4v) is 1.30. The number of hydrogen-bond donors (Lipinski definition) is 0. The molecule has 19 heavy (non-hydrogen) atoms. The Morgan fingerprint density at radius 1 is 1.16 bits per heavy atom. The van der Waals surface area contributed by atoms with Crippen molar-refractivity contribution >= 4 is 17.3 Å². The van der Waals surface area contributed by atoms with E-state index in [0.717, 1.165) is 12.1 Å². The highest BCUT2D eigenvalue weighted by Gasteiger charge is 2.38. The second-order valence-corrected chi connectivity index (χ2v) is 3.74. The van der Waals surface area contributed by atoms with Crippen molar-refractivity contribution < 1.29 is 27.7 Å². The molecule has 0 aliphatic heterocycles. The van der Waals surface area contributed by atoms with Crippen LogP contribution in [-0.2, 0) is 16.0 Å². The van der Waals surface area contributed by atoms with E-state index in [4.69, 9.17) is 0 Å². The number of carbonyl (C=O) groups excluding carboxylic acids is 2. The zero-order valence-electron chi connectivity index (χ0n) is 9.44. The van der Waals surface area contributed by atoms with Gasteiger partial charge in [-0.15, -0.1) is 0 Å². The molecule has 0 heterocycles. The largest absolute Gasteiger partial charge is 0.450 e. The molecular formula is C11H8F3NO4. The average Bonchev–Trinajstić information content (AvgIpc) is 2.28. The van der Waals surface area contributed by atoms with Crippen LogP contribution in [0.25, 0.3) is 0 Å². The minimum Gasteiger partial charge on any atom is -0.299 e. The van der Waals surface area contributed by atoms with Crippen molar-refractivity contribution in [1.29, 1.82) is 0 Å². The third-order valence-corrected chi connectivity index (χ3v) is 2.22. The highest BCUT2D eigenvalue weighted by atomic mass is 19.4. The fourth-order valence-electron chi connectivity index (χ4n) is 1.30. The van der Waals surface area contributed by atoms with Crippen molar-refractivity contribution in [3.8, 4) is 0 Å². The first-order valence-electron chi connectivity index (χ1n) is 5.05. The second kappa shape index (κ2) is 5.59. The van der Waals surface area contributed by atoms with Gasteiger partial charge in [0.05, 0.1) is 11.3 Å². The van der Waals surface area contributed by atoms with E-state index in [9.17, 15) is 32.9 Å². The van der Waals surface area contributed by atoms with E-state index in [1.807, 2.05) is 0 Å². The Morgan fingerprint density at radius 2 is 1.68 bits per heavy atom. The van der Waals surface area contributed by atoms with E-state index in [0.29, 0.717) is 5.56 Å². The van der Waals surface area contributed by atoms with Gasteiger partial charge in [0.15, 0.2) is 0 Å². The monoisotopic (exact) mass is 275 g/mol. The molecule has 0 aliphatic rings. The third-order valence-electron chi connectivity index (χ3n) is 2.22. The molecule has 5 nitrogen and oxygen atoms in total. The van der Waals surface area contributed by atoms with Crippen LogP contribution in [0.1, 0.15) is 12.0 Å². The number of non-ortho nitro benzene ring substituents is 1. The van der Waals surface area contributed by atoms with Crippen molar-refractivity contribution in [2.24, 2.45) is 0 Å². The van der Waals surface area contributed by atoms with Crippen LogP contribution in [0.3, 0.4) is 0 Å². The van der Waals surface area contributed by atoms with E-state index in [1.54, 1.807) is 0 Å². The van der Waals surface area contributed by atoms with E-state index in [-0.39, 0.29) is 12.1 Å². The second-order valence-electron chi connectivity index (χ2n) is 3.74. The Morgan fingerprint density at radius 3 is 2.11 bits per heavy atom. The summed E-state index contributed by atoms with van der Waals surface area (Å²) >= 11 is 0. The van der Waals surface area contributed by atoms with Gasteiger partial charge in [0.2, 0.25) is 5.78 Å². The lowest BCUT2D eigenvalue weighted by molar-refractivity contribution is -0.384. The average molecular weight is 275 g/mol. The molecule has 0 aromatic heterocycles. The SMILES string of the molecule is O=C(CC(=O)C(F)(F)F)Cc1ccc([N+](=O)[O-])cc1. The van der Waals surface area contributed by atoms with Gasteiger partial charge in [-0.3, -0.25) is 19.7 Å². The van der Waals surface area contributed by atoms with E-state index >= 15 is 0 Å². The Labute approximate surface area is 105 Å². The maximum absolute atomic E-state index is 11.9. The molecule has 1 rings (SSSR count). The number of ketones is 2. The van der Waals surface area contributed by atoms with E-state index in [1.165, 1.54) is 12.1 Å². The van der Waals surface area contributed by atoms with Crippen LogP contribution in [0.15, 0.2) is 24.3 Å². The predicted molar refractivity (Wildman–Crippen MR) is 57.5 cm³/mol. The molecule has 8 heteroatoms. The van der Waals surface area contributed by atoms with Gasteiger partial charge in [0, 0.05) is 18.6 Å². The molecule has 0 saturated carbocycles. The van der Waals surface area contributed by atoms with Crippen molar-refractivity contribution in [2.75, 3.05) is 0 Å². The summed E-state index contributed by atoms with van der Waals surface area (Å²) in [6.07, 6.45) is -6.62. The highest BCUT2D eigenvalue weighted by molar-refractivity contribution is 6.02. The van der Waals surface area contributed by atoms with Crippen LogP contribution in [0, 0.1) is 10.1 Å². The Balaban J connectivity index is 2.63. The zero-order valence-corrected chi connectivity index (χ0v) is 9.44. The Hall–Kier alpha value is -2.25. The Kier molecular flexibility index (Phi) is 4.36. The molecule has 0 amide bonds. The summed E-state index contributed by atoms with van der Waals surface area (Å²) in [5.74, 6) is -2.99. The van der Waals surface area contributed by atoms with Gasteiger partial charge in [-0.25, -0.2) is 0 Å². The van der Waals surface area contributed by atoms with Crippen molar-refractivity contribution in [2.45, 2.75) is 19.0 Å². The van der Waals surface area contributed by atoms with Crippen molar-refractivity contribution in [3.05, 3.63) is 39.9 Å². The van der Waals surface area contributed by atoms with Gasteiger partial charge in [0.25, 0.3) is 5.69 Å². The number of alkyl halides is 3. The van der Waals surface area contributed by atoms with Gasteiger partial charge < -0.3 is 0 Å². The molecule has 0 unspecified atom stereocenters. The van der Waals surface area contributed by atoms with Crippen LogP contribution in [0.2, 0.25) is 0 Å². The fraction of sp³-hybridized carbons (Fsp3) is 0.273. The molecule has 0 radical (unpaired) electrons. The van der Waals surface area contributed by atoms with Gasteiger partial charge in [-0.05, 0) is 5.56 Å². The number of nitro groups is 1. The number of benzene rings is 1. The van der Waals surface area contributed by atoms with Gasteiger partial charge in [-0.2, -0.15) is 13.2 Å². The molecule has 0 spiro atoms. The molecule has 0 saturated heterocycles. The lowest BCUT2D eigenvalue weighted by Gasteiger charge is -2.04. The maximum Gasteiger partial charge on any atom is 0.450 e. The maximum atomic E-state index is 11.9. The van der Waals surface area contributed by atoms with Crippen LogP contribution in [-0.4, -0.2) is 22.7 Å². The summed E-state index contributed by atoms with van der Waals surface area (Å²) in [4.78, 5) is 31.5. The smallest absolute Gasteiger partial charge is 0.299 e. The molecule has 102 valence electrons. The van der Waals surface area contributed by atoms with Crippen LogP contribution < -0.4 is 0 Å². The number of halogens is 3. The van der Waals surface area contributed by atoms with E-state index in [2.05, 4.69) is 0 Å². The highest BCUT2D eigenvalue weighted by Crippen LogP contribution is 2.19. The summed E-state index contributed by atoms with van der Waals surface area (Å²) in [7, 11) is 0. The molecular weight excluding hydrogens is 267 g/mol. The summed E-state index contributed by atoms with van der Waals surface area (Å²) in [5, 5.41) is 10.4. The van der Waals surface area contributed by atoms with Crippen LogP contribution in [0.5, 0.6) is 0 Å². The minimum atomic E-state index is -5.02. The Bertz CT molecular complexity index is 508. The van der Waals surface area contributed by atoms with Gasteiger partial charge in [0.1, 0.15) is 5.78 Å². The molecule has 0 bridgehead atoms. The van der Waals surface area contributed by atoms with Gasteiger partial charge >= 0.3 is 6.18 Å². The van der Waals surface area contributed by atoms with Gasteiger partial charge in [-0.1, -0.05) is 12.1 Å². The number of nitrogens with zero attached hydrogens (tertiary/aromatic N) is 1. The molecule has 1 aromatic rings. The lowest BCUT2D eigenvalue weighted by atomic mass is 10.0. The molecule has 0 aliphatic carbocycles. The lowest BCUT2D eigenvalue weighted by Crippen LogP contribution is -2.25. The summed E-state index contributed by atoms with van der Waals surface area (Å²) in [6, 6.07) is 4.78. The van der Waals surface area contributed by atoms with Crippen LogP contribution in [0.4, 0.5) is 18.9 Å². The zero-order chi connectivity index (χ0) is 14.6. The first-order chi connectivity index (χ1) is 8.70. The van der Waals surface area contributed by atoms with Crippen LogP contribution >= 0.6 is 0 Å². The van der Waals surface area contributed by atoms with Crippen molar-refractivity contribution in [3.63, 3.8) is 0 Å². The summed E-state index contributed by atoms with van der Waals surface area (Å²) in [6.45, 7) is 0. The first kappa shape index (κ1) is 14.8. The standard InChI is InChI=1S/C11H8F3NO4/c12-11(13,14)10(17)6-9(16)5-7-1-3-8(4-2-7)15(18)19/h1-4H,5-6H2. The normalized spacial score (nSPS) is 11.1. The molecule has 0 fully saturated rings. The number of rotatable bonds is 5. The summed E-state index contributed by atoms with van der Waals surface area (Å²) < 4.78 is 35.7. The first-order valence-corrected chi connectivity index (χ1v) is 5.05. The topological polar surface area (TPSA) is 77.3 Å². The van der Waals surface area contributed by atoms with E-state index < -0.39 is 29.1 Å². The minimum absolute atomic E-state index is 0.192. The number of nitro benzene ring substituents is 1. The number of hydrogen-bond acceptors (Lipinski definition) is 4. The molecule has 0 atom stereocenters. The van der Waals surface area contributed by atoms with Crippen molar-refractivity contribution in [1.82, 2.24) is 0 Å². The third kappa shape index (κ3) is 4.49. The number of carbonyl (C=O) groups is 2. The number of Topliss-reactive ketones (excluding diaryl/α,β-unsaturated/α-hetero) is 2.